The maximum atomic E-state index is 8.86. The van der Waals surface area contributed by atoms with Gasteiger partial charge in [0, 0.05) is 10.8 Å². The van der Waals surface area contributed by atoms with Gasteiger partial charge < -0.3 is 5.73 Å². The first-order valence-corrected chi connectivity index (χ1v) is 5.27. The summed E-state index contributed by atoms with van der Waals surface area (Å²) in [6, 6.07) is 15.3. The van der Waals surface area contributed by atoms with Gasteiger partial charge in [-0.1, -0.05) is 12.1 Å². The van der Waals surface area contributed by atoms with Crippen molar-refractivity contribution in [2.75, 3.05) is 5.73 Å². The SMILES string of the molecule is N#Cc1ccc2nc3c(N)cccc3cc2c1. The van der Waals surface area contributed by atoms with Crippen LogP contribution >= 0.6 is 0 Å². The highest BCUT2D eigenvalue weighted by Crippen LogP contribution is 2.24. The number of rotatable bonds is 0. The molecule has 0 unspecified atom stereocenters. The van der Waals surface area contributed by atoms with Crippen LogP contribution in [0, 0.1) is 11.3 Å². The number of aromatic nitrogens is 1. The lowest BCUT2D eigenvalue weighted by Gasteiger charge is -2.04. The van der Waals surface area contributed by atoms with Crippen LogP contribution in [0.2, 0.25) is 0 Å². The zero-order chi connectivity index (χ0) is 11.8. The number of anilines is 1. The number of fused-ring (bicyclic) bond motifs is 2. The molecule has 0 bridgehead atoms. The Morgan fingerprint density at radius 2 is 1.94 bits per heavy atom. The number of benzene rings is 2. The number of para-hydroxylation sites is 1. The van der Waals surface area contributed by atoms with Crippen LogP contribution in [-0.2, 0) is 0 Å². The molecule has 3 nitrogen and oxygen atoms in total. The number of hydrogen-bond donors (Lipinski definition) is 1. The third kappa shape index (κ3) is 1.47. The molecular formula is C14H9N3. The van der Waals surface area contributed by atoms with Crippen LogP contribution in [0.1, 0.15) is 5.56 Å². The molecule has 2 aromatic carbocycles. The van der Waals surface area contributed by atoms with Gasteiger partial charge >= 0.3 is 0 Å². The van der Waals surface area contributed by atoms with Gasteiger partial charge in [-0.3, -0.25) is 0 Å². The van der Waals surface area contributed by atoms with Crippen molar-refractivity contribution in [2.45, 2.75) is 0 Å². The van der Waals surface area contributed by atoms with Crippen LogP contribution in [0.3, 0.4) is 0 Å². The van der Waals surface area contributed by atoms with E-state index in [1.165, 1.54) is 0 Å². The Morgan fingerprint density at radius 3 is 2.76 bits per heavy atom. The fourth-order valence-electron chi connectivity index (χ4n) is 1.96. The summed E-state index contributed by atoms with van der Waals surface area (Å²) in [6.07, 6.45) is 0. The minimum Gasteiger partial charge on any atom is -0.397 e. The number of nitrogens with zero attached hydrogens (tertiary/aromatic N) is 2. The molecule has 0 saturated heterocycles. The fraction of sp³-hybridized carbons (Fsp3) is 0. The Hall–Kier alpha value is -2.60. The Kier molecular flexibility index (Phi) is 1.96. The van der Waals surface area contributed by atoms with Crippen molar-refractivity contribution < 1.29 is 0 Å². The average Bonchev–Trinajstić information content (AvgIpc) is 2.36. The predicted molar refractivity (Wildman–Crippen MR) is 68.4 cm³/mol. The van der Waals surface area contributed by atoms with Gasteiger partial charge in [-0.15, -0.1) is 0 Å². The number of nitrogen functional groups attached to an aromatic ring is 1. The molecule has 80 valence electrons. The van der Waals surface area contributed by atoms with E-state index in [1.54, 1.807) is 6.07 Å². The number of hydrogen-bond acceptors (Lipinski definition) is 3. The van der Waals surface area contributed by atoms with E-state index in [0.717, 1.165) is 21.8 Å². The quantitative estimate of drug-likeness (QED) is 0.467. The Balaban J connectivity index is 2.44. The molecule has 0 amide bonds. The fourth-order valence-corrected chi connectivity index (χ4v) is 1.96. The predicted octanol–water partition coefficient (Wildman–Crippen LogP) is 2.84. The maximum absolute atomic E-state index is 8.86. The minimum absolute atomic E-state index is 0.641. The molecule has 0 fully saturated rings. The third-order valence-electron chi connectivity index (χ3n) is 2.80. The summed E-state index contributed by atoms with van der Waals surface area (Å²) < 4.78 is 0. The van der Waals surface area contributed by atoms with E-state index < -0.39 is 0 Å². The summed E-state index contributed by atoms with van der Waals surface area (Å²) in [5.74, 6) is 0. The van der Waals surface area contributed by atoms with Gasteiger partial charge in [0.15, 0.2) is 0 Å². The summed E-state index contributed by atoms with van der Waals surface area (Å²) >= 11 is 0. The lowest BCUT2D eigenvalue weighted by Crippen LogP contribution is -1.90. The normalized spacial score (nSPS) is 10.5. The standard InChI is InChI=1S/C14H9N3/c15-8-9-4-5-13-11(6-9)7-10-2-1-3-12(16)14(10)17-13/h1-7H,16H2. The molecule has 3 rings (SSSR count). The number of nitriles is 1. The zero-order valence-corrected chi connectivity index (χ0v) is 9.01. The molecule has 17 heavy (non-hydrogen) atoms. The van der Waals surface area contributed by atoms with Gasteiger partial charge in [0.05, 0.1) is 28.4 Å². The molecule has 1 aromatic heterocycles. The Morgan fingerprint density at radius 1 is 1.06 bits per heavy atom. The van der Waals surface area contributed by atoms with Crippen LogP contribution in [0.25, 0.3) is 21.8 Å². The highest BCUT2D eigenvalue weighted by Gasteiger charge is 2.03. The topological polar surface area (TPSA) is 62.7 Å². The van der Waals surface area contributed by atoms with Crippen LogP contribution in [0.15, 0.2) is 42.5 Å². The van der Waals surface area contributed by atoms with E-state index in [1.807, 2.05) is 36.4 Å². The first kappa shape index (κ1) is 9.61. The molecule has 0 atom stereocenters. The Labute approximate surface area is 98.1 Å². The zero-order valence-electron chi connectivity index (χ0n) is 9.01. The van der Waals surface area contributed by atoms with Crippen LogP contribution in [-0.4, -0.2) is 4.98 Å². The molecule has 0 aliphatic rings. The van der Waals surface area contributed by atoms with E-state index in [9.17, 15) is 0 Å². The van der Waals surface area contributed by atoms with Gasteiger partial charge in [-0.2, -0.15) is 5.26 Å². The van der Waals surface area contributed by atoms with Crippen molar-refractivity contribution in [1.29, 1.82) is 5.26 Å². The van der Waals surface area contributed by atoms with E-state index in [4.69, 9.17) is 11.0 Å². The number of nitrogens with two attached hydrogens (primary N) is 1. The summed E-state index contributed by atoms with van der Waals surface area (Å²) in [5, 5.41) is 10.8. The summed E-state index contributed by atoms with van der Waals surface area (Å²) in [5.41, 5.74) is 8.87. The molecular weight excluding hydrogens is 210 g/mol. The highest BCUT2D eigenvalue weighted by molar-refractivity contribution is 5.98. The molecule has 3 aromatic rings. The summed E-state index contributed by atoms with van der Waals surface area (Å²) in [4.78, 5) is 4.52. The molecule has 0 radical (unpaired) electrons. The van der Waals surface area contributed by atoms with Crippen molar-refractivity contribution in [1.82, 2.24) is 4.98 Å². The molecule has 0 aliphatic carbocycles. The smallest absolute Gasteiger partial charge is 0.0991 e. The van der Waals surface area contributed by atoms with Crippen LogP contribution in [0.4, 0.5) is 5.69 Å². The van der Waals surface area contributed by atoms with Gasteiger partial charge in [-0.25, -0.2) is 4.98 Å². The second-order valence-corrected chi connectivity index (χ2v) is 3.93. The molecule has 0 aliphatic heterocycles. The highest BCUT2D eigenvalue weighted by atomic mass is 14.7. The van der Waals surface area contributed by atoms with E-state index in [0.29, 0.717) is 11.3 Å². The lowest BCUT2D eigenvalue weighted by atomic mass is 10.1. The molecule has 1 heterocycles. The van der Waals surface area contributed by atoms with Crippen molar-refractivity contribution in [3.63, 3.8) is 0 Å². The van der Waals surface area contributed by atoms with Crippen LogP contribution < -0.4 is 5.73 Å². The largest absolute Gasteiger partial charge is 0.397 e. The summed E-state index contributed by atoms with van der Waals surface area (Å²) in [7, 11) is 0. The molecule has 2 N–H and O–H groups in total. The van der Waals surface area contributed by atoms with Gasteiger partial charge in [-0.05, 0) is 30.3 Å². The monoisotopic (exact) mass is 219 g/mol. The molecule has 0 saturated carbocycles. The summed E-state index contributed by atoms with van der Waals surface area (Å²) in [6.45, 7) is 0. The van der Waals surface area contributed by atoms with Gasteiger partial charge in [0.25, 0.3) is 0 Å². The average molecular weight is 219 g/mol. The van der Waals surface area contributed by atoms with Gasteiger partial charge in [0.2, 0.25) is 0 Å². The van der Waals surface area contributed by atoms with E-state index >= 15 is 0 Å². The Bertz CT molecular complexity index is 769. The second kappa shape index (κ2) is 3.46. The van der Waals surface area contributed by atoms with Crippen molar-refractivity contribution >= 4 is 27.5 Å². The first-order valence-electron chi connectivity index (χ1n) is 5.27. The minimum atomic E-state index is 0.641. The molecule has 0 spiro atoms. The van der Waals surface area contributed by atoms with E-state index in [-0.39, 0.29) is 0 Å². The van der Waals surface area contributed by atoms with Gasteiger partial charge in [0.1, 0.15) is 0 Å². The molecule has 3 heteroatoms. The van der Waals surface area contributed by atoms with Crippen molar-refractivity contribution in [3.8, 4) is 6.07 Å². The first-order chi connectivity index (χ1) is 8.28. The lowest BCUT2D eigenvalue weighted by molar-refractivity contribution is 1.47. The second-order valence-electron chi connectivity index (χ2n) is 3.93. The maximum Gasteiger partial charge on any atom is 0.0991 e. The third-order valence-corrected chi connectivity index (χ3v) is 2.80. The van der Waals surface area contributed by atoms with Crippen molar-refractivity contribution in [3.05, 3.63) is 48.0 Å². The number of pyridine rings is 1. The van der Waals surface area contributed by atoms with Crippen LogP contribution in [0.5, 0.6) is 0 Å². The van der Waals surface area contributed by atoms with Crippen molar-refractivity contribution in [2.24, 2.45) is 0 Å². The van der Waals surface area contributed by atoms with E-state index in [2.05, 4.69) is 11.1 Å².